The Balaban J connectivity index is 1.41. The largest absolute Gasteiger partial charge is 0.497 e. The third-order valence-electron chi connectivity index (χ3n) is 8.14. The highest BCUT2D eigenvalue weighted by Crippen LogP contribution is 2.32. The maximum Gasteiger partial charge on any atom is 0.274 e. The van der Waals surface area contributed by atoms with Crippen LogP contribution >= 0.6 is 0 Å². The summed E-state index contributed by atoms with van der Waals surface area (Å²) in [5.41, 5.74) is 3.07. The monoisotopic (exact) mass is 617 g/mol. The van der Waals surface area contributed by atoms with Crippen LogP contribution in [-0.2, 0) is 16.1 Å². The highest BCUT2D eigenvalue weighted by molar-refractivity contribution is 6.05. The molecule has 0 bridgehead atoms. The fourth-order valence-corrected chi connectivity index (χ4v) is 5.83. The Kier molecular flexibility index (Phi) is 9.28. The highest BCUT2D eigenvalue weighted by Gasteiger charge is 2.35. The van der Waals surface area contributed by atoms with E-state index in [0.717, 1.165) is 32.1 Å². The molecule has 2 heterocycles. The summed E-state index contributed by atoms with van der Waals surface area (Å²) in [5, 5.41) is 14.5. The van der Waals surface area contributed by atoms with Crippen LogP contribution in [0.4, 0.5) is 11.4 Å². The second-order valence-electron chi connectivity index (χ2n) is 11.2. The van der Waals surface area contributed by atoms with Gasteiger partial charge in [-0.15, -0.1) is 5.10 Å². The van der Waals surface area contributed by atoms with Gasteiger partial charge in [-0.25, -0.2) is 4.68 Å². The van der Waals surface area contributed by atoms with Crippen molar-refractivity contribution in [2.75, 3.05) is 17.3 Å². The van der Waals surface area contributed by atoms with Gasteiger partial charge < -0.3 is 15.4 Å². The van der Waals surface area contributed by atoms with E-state index < -0.39 is 11.9 Å². The lowest BCUT2D eigenvalue weighted by Crippen LogP contribution is -2.48. The van der Waals surface area contributed by atoms with Crippen molar-refractivity contribution in [3.05, 3.63) is 108 Å². The number of nitrogens with zero attached hydrogens (tertiary/aromatic N) is 5. The lowest BCUT2D eigenvalue weighted by atomic mass is 9.94. The van der Waals surface area contributed by atoms with E-state index in [1.165, 1.54) is 9.58 Å². The minimum absolute atomic E-state index is 0.0159. The molecule has 1 aliphatic carbocycles. The van der Waals surface area contributed by atoms with E-state index in [1.54, 1.807) is 80.0 Å². The van der Waals surface area contributed by atoms with Crippen LogP contribution in [0.1, 0.15) is 54.2 Å². The van der Waals surface area contributed by atoms with E-state index in [4.69, 9.17) is 4.74 Å². The number of rotatable bonds is 10. The summed E-state index contributed by atoms with van der Waals surface area (Å²) in [7, 11) is 1.57. The lowest BCUT2D eigenvalue weighted by molar-refractivity contribution is -0.127. The molecule has 234 valence electrons. The number of methoxy groups -OCH3 is 1. The molecule has 1 saturated carbocycles. The number of anilines is 2. The van der Waals surface area contributed by atoms with E-state index in [0.29, 0.717) is 33.7 Å². The molecule has 0 radical (unpaired) electrons. The van der Waals surface area contributed by atoms with Crippen molar-refractivity contribution in [2.24, 2.45) is 0 Å². The third-order valence-corrected chi connectivity index (χ3v) is 8.14. The van der Waals surface area contributed by atoms with Gasteiger partial charge in [0.05, 0.1) is 12.6 Å². The normalized spacial score (nSPS) is 13.9. The summed E-state index contributed by atoms with van der Waals surface area (Å²) < 4.78 is 6.91. The molecule has 1 fully saturated rings. The molecule has 6 rings (SSSR count). The van der Waals surface area contributed by atoms with Gasteiger partial charge >= 0.3 is 0 Å². The Labute approximate surface area is 266 Å². The number of hydrogen-bond acceptors (Lipinski definition) is 7. The summed E-state index contributed by atoms with van der Waals surface area (Å²) >= 11 is 0. The smallest absolute Gasteiger partial charge is 0.274 e. The van der Waals surface area contributed by atoms with E-state index >= 15 is 0 Å². The molecule has 0 spiro atoms. The van der Waals surface area contributed by atoms with Crippen LogP contribution in [-0.4, -0.2) is 50.9 Å². The number of ether oxygens (including phenoxy) is 1. The van der Waals surface area contributed by atoms with Gasteiger partial charge in [-0.2, -0.15) is 0 Å². The molecule has 0 saturated heterocycles. The molecule has 1 atom stereocenters. The van der Waals surface area contributed by atoms with Gasteiger partial charge in [0.15, 0.2) is 0 Å². The number of aromatic nitrogens is 4. The van der Waals surface area contributed by atoms with Crippen LogP contribution in [0, 0.1) is 0 Å². The van der Waals surface area contributed by atoms with E-state index in [1.807, 2.05) is 24.3 Å². The minimum Gasteiger partial charge on any atom is -0.497 e. The molecule has 2 N–H and O–H groups in total. The van der Waals surface area contributed by atoms with Gasteiger partial charge in [0.2, 0.25) is 11.8 Å². The summed E-state index contributed by atoms with van der Waals surface area (Å²) in [4.78, 5) is 47.4. The van der Waals surface area contributed by atoms with Gasteiger partial charge in [0.1, 0.15) is 29.5 Å². The molecule has 46 heavy (non-hydrogen) atoms. The predicted molar refractivity (Wildman–Crippen MR) is 174 cm³/mol. The summed E-state index contributed by atoms with van der Waals surface area (Å²) in [6.07, 6.45) is 6.53. The second kappa shape index (κ2) is 14.0. The first-order valence-electron chi connectivity index (χ1n) is 15.4. The van der Waals surface area contributed by atoms with E-state index in [9.17, 15) is 14.4 Å². The van der Waals surface area contributed by atoms with Crippen molar-refractivity contribution in [3.63, 3.8) is 0 Å². The molecular formula is C35H35N7O4. The number of pyridine rings is 1. The van der Waals surface area contributed by atoms with Crippen LogP contribution < -0.4 is 20.3 Å². The molecule has 0 aliphatic heterocycles. The Morgan fingerprint density at radius 3 is 2.48 bits per heavy atom. The van der Waals surface area contributed by atoms with Gasteiger partial charge in [-0.3, -0.25) is 24.3 Å². The number of amides is 3. The first-order chi connectivity index (χ1) is 22.5. The zero-order valence-electron chi connectivity index (χ0n) is 25.5. The minimum atomic E-state index is -1.03. The number of carbonyl (C=O) groups excluding carboxylic acids is 3. The zero-order valence-corrected chi connectivity index (χ0v) is 25.5. The average Bonchev–Trinajstić information content (AvgIpc) is 3.50. The summed E-state index contributed by atoms with van der Waals surface area (Å²) in [5.74, 6) is -0.451. The average molecular weight is 618 g/mol. The molecule has 1 aliphatic rings. The van der Waals surface area contributed by atoms with E-state index in [-0.39, 0.29) is 30.1 Å². The fraction of sp³-hybridized carbons (Fsp3) is 0.257. The van der Waals surface area contributed by atoms with Crippen LogP contribution in [0.25, 0.3) is 11.0 Å². The maximum atomic E-state index is 14.5. The molecular weight excluding hydrogens is 582 g/mol. The Morgan fingerprint density at radius 1 is 0.935 bits per heavy atom. The predicted octanol–water partition coefficient (Wildman–Crippen LogP) is 5.31. The van der Waals surface area contributed by atoms with Crippen LogP contribution in [0.3, 0.4) is 0 Å². The van der Waals surface area contributed by atoms with Crippen molar-refractivity contribution in [3.8, 4) is 5.75 Å². The van der Waals surface area contributed by atoms with Gasteiger partial charge in [-0.05, 0) is 73.0 Å². The fourth-order valence-electron chi connectivity index (χ4n) is 5.83. The van der Waals surface area contributed by atoms with Crippen molar-refractivity contribution >= 4 is 40.1 Å². The summed E-state index contributed by atoms with van der Waals surface area (Å²) in [6, 6.07) is 25.5. The molecule has 11 nitrogen and oxygen atoms in total. The Morgan fingerprint density at radius 2 is 1.72 bits per heavy atom. The molecule has 2 aromatic heterocycles. The standard InChI is InChI=1S/C35H35N7O4/c1-46-28-19-17-24(18-20-28)33(35(45)37-25-10-3-2-4-11-25)42(32(43)23-41-31-16-6-5-14-29(31)39-40-41)27-13-9-12-26(22-27)38-34(44)30-15-7-8-21-36-30/h5-9,12-22,25,33H,2-4,10-11,23H2,1H3,(H,37,45)(H,38,44)/t33-/m1/s1. The lowest BCUT2D eigenvalue weighted by Gasteiger charge is -2.33. The van der Waals surface area contributed by atoms with Crippen molar-refractivity contribution in [2.45, 2.75) is 50.7 Å². The zero-order chi connectivity index (χ0) is 31.9. The molecule has 5 aromatic rings. The number of carbonyl (C=O) groups is 3. The van der Waals surface area contributed by atoms with Crippen molar-refractivity contribution in [1.82, 2.24) is 25.3 Å². The number of nitrogens with one attached hydrogen (secondary N) is 2. The molecule has 0 unspecified atom stereocenters. The Hall–Kier alpha value is -5.58. The van der Waals surface area contributed by atoms with Crippen LogP contribution in [0.5, 0.6) is 5.75 Å². The quantitative estimate of drug-likeness (QED) is 0.217. The number of hydrogen-bond donors (Lipinski definition) is 2. The Bertz CT molecular complexity index is 1820. The van der Waals surface area contributed by atoms with Crippen LogP contribution in [0.2, 0.25) is 0 Å². The van der Waals surface area contributed by atoms with Gasteiger partial charge in [0, 0.05) is 23.6 Å². The highest BCUT2D eigenvalue weighted by atomic mass is 16.5. The topological polar surface area (TPSA) is 131 Å². The third kappa shape index (κ3) is 6.88. The maximum absolute atomic E-state index is 14.5. The van der Waals surface area contributed by atoms with Gasteiger partial charge in [-0.1, -0.05) is 60.9 Å². The SMILES string of the molecule is COc1ccc([C@H](C(=O)NC2CCCCC2)N(C(=O)Cn2nnc3ccccc32)c2cccc(NC(=O)c3ccccn3)c2)cc1. The van der Waals surface area contributed by atoms with Crippen molar-refractivity contribution in [1.29, 1.82) is 0 Å². The second-order valence-corrected chi connectivity index (χ2v) is 11.2. The first kappa shape index (κ1) is 30.4. The van der Waals surface area contributed by atoms with E-state index in [2.05, 4.69) is 25.9 Å². The van der Waals surface area contributed by atoms with Crippen LogP contribution in [0.15, 0.2) is 97.2 Å². The first-order valence-corrected chi connectivity index (χ1v) is 15.4. The van der Waals surface area contributed by atoms with Crippen molar-refractivity contribution < 1.29 is 19.1 Å². The molecule has 3 amide bonds. The number of benzene rings is 3. The molecule has 11 heteroatoms. The summed E-state index contributed by atoms with van der Waals surface area (Å²) in [6.45, 7) is -0.172. The molecule has 3 aromatic carbocycles. The van der Waals surface area contributed by atoms with Gasteiger partial charge in [0.25, 0.3) is 5.91 Å². The number of para-hydroxylation sites is 1. The number of fused-ring (bicyclic) bond motifs is 1.